The zero-order valence-corrected chi connectivity index (χ0v) is 15.8. The van der Waals surface area contributed by atoms with Gasteiger partial charge in [-0.25, -0.2) is 4.79 Å². The van der Waals surface area contributed by atoms with Crippen LogP contribution in [0.5, 0.6) is 0 Å². The number of amides is 2. The molecule has 2 aromatic heterocycles. The number of methoxy groups -OCH3 is 1. The van der Waals surface area contributed by atoms with Gasteiger partial charge in [-0.3, -0.25) is 14.4 Å². The van der Waals surface area contributed by atoms with E-state index < -0.39 is 0 Å². The molecule has 10 heteroatoms. The Balaban J connectivity index is 1.59. The first-order valence-corrected chi connectivity index (χ1v) is 8.97. The number of likely N-dealkylation sites (tertiary alicyclic amines) is 1. The van der Waals surface area contributed by atoms with E-state index in [1.807, 2.05) is 11.8 Å². The predicted octanol–water partition coefficient (Wildman–Crippen LogP) is 0.534. The summed E-state index contributed by atoms with van der Waals surface area (Å²) in [6.07, 6.45) is 2.70. The van der Waals surface area contributed by atoms with Gasteiger partial charge < -0.3 is 14.2 Å². The van der Waals surface area contributed by atoms with E-state index >= 15 is 0 Å². The van der Waals surface area contributed by atoms with Gasteiger partial charge in [-0.1, -0.05) is 0 Å². The molecule has 0 bridgehead atoms. The molecule has 0 atom stereocenters. The fourth-order valence-electron chi connectivity index (χ4n) is 4.29. The Morgan fingerprint density at radius 1 is 1.19 bits per heavy atom. The lowest BCUT2D eigenvalue weighted by Gasteiger charge is -2.48. The van der Waals surface area contributed by atoms with Crippen molar-refractivity contribution in [1.82, 2.24) is 34.3 Å². The van der Waals surface area contributed by atoms with Crippen LogP contribution in [0.25, 0.3) is 0 Å². The maximum atomic E-state index is 12.8. The molecule has 1 fully saturated rings. The Bertz CT molecular complexity index is 879. The van der Waals surface area contributed by atoms with Crippen LogP contribution in [0.2, 0.25) is 0 Å². The van der Waals surface area contributed by atoms with E-state index in [1.165, 1.54) is 7.11 Å². The van der Waals surface area contributed by atoms with Crippen molar-refractivity contribution >= 4 is 12.0 Å². The van der Waals surface area contributed by atoms with Gasteiger partial charge in [0.2, 0.25) is 0 Å². The van der Waals surface area contributed by atoms with Crippen molar-refractivity contribution in [2.75, 3.05) is 26.7 Å². The highest BCUT2D eigenvalue weighted by molar-refractivity contribution is 5.92. The lowest BCUT2D eigenvalue weighted by atomic mass is 9.84. The summed E-state index contributed by atoms with van der Waals surface area (Å²) in [4.78, 5) is 28.4. The van der Waals surface area contributed by atoms with Gasteiger partial charge in [0.15, 0.2) is 5.82 Å². The summed E-state index contributed by atoms with van der Waals surface area (Å²) >= 11 is 0. The molecule has 0 unspecified atom stereocenters. The number of rotatable bonds is 1. The summed E-state index contributed by atoms with van der Waals surface area (Å²) in [6, 6.07) is 1.73. The molecule has 2 amide bonds. The van der Waals surface area contributed by atoms with Crippen LogP contribution in [0.3, 0.4) is 0 Å². The van der Waals surface area contributed by atoms with Crippen molar-refractivity contribution in [2.45, 2.75) is 31.8 Å². The van der Waals surface area contributed by atoms with Crippen LogP contribution in [0.1, 0.15) is 35.0 Å². The van der Waals surface area contributed by atoms with E-state index in [2.05, 4.69) is 19.9 Å². The molecule has 2 aromatic rings. The van der Waals surface area contributed by atoms with E-state index in [9.17, 15) is 9.59 Å². The minimum absolute atomic E-state index is 0.0221. The molecule has 27 heavy (non-hydrogen) atoms. The van der Waals surface area contributed by atoms with Crippen molar-refractivity contribution in [3.05, 3.63) is 29.6 Å². The lowest BCUT2D eigenvalue weighted by molar-refractivity contribution is 0.0296. The van der Waals surface area contributed by atoms with Crippen molar-refractivity contribution in [1.29, 1.82) is 0 Å². The Morgan fingerprint density at radius 3 is 2.56 bits per heavy atom. The highest BCUT2D eigenvalue weighted by atomic mass is 16.5. The number of aromatic nitrogens is 5. The Labute approximate surface area is 156 Å². The van der Waals surface area contributed by atoms with Crippen molar-refractivity contribution in [3.63, 3.8) is 0 Å². The quantitative estimate of drug-likeness (QED) is 0.723. The van der Waals surface area contributed by atoms with E-state index in [-0.39, 0.29) is 17.5 Å². The van der Waals surface area contributed by atoms with Crippen LogP contribution in [0.4, 0.5) is 4.79 Å². The smallest absolute Gasteiger partial charge is 0.409 e. The average molecular weight is 373 g/mol. The molecule has 4 heterocycles. The first-order valence-electron chi connectivity index (χ1n) is 8.97. The summed E-state index contributed by atoms with van der Waals surface area (Å²) in [5, 5.41) is 12.5. The van der Waals surface area contributed by atoms with Gasteiger partial charge in [0, 0.05) is 32.9 Å². The molecule has 0 saturated carbocycles. The van der Waals surface area contributed by atoms with Crippen molar-refractivity contribution in [2.24, 2.45) is 7.05 Å². The summed E-state index contributed by atoms with van der Waals surface area (Å²) in [7, 11) is 3.15. The Hall–Kier alpha value is -2.91. The fraction of sp³-hybridized carbons (Fsp3) is 0.588. The molecule has 10 nitrogen and oxygen atoms in total. The third-order valence-corrected chi connectivity index (χ3v) is 5.64. The minimum atomic E-state index is -0.366. The van der Waals surface area contributed by atoms with Gasteiger partial charge in [-0.05, 0) is 25.8 Å². The third-order valence-electron chi connectivity index (χ3n) is 5.64. The van der Waals surface area contributed by atoms with Crippen LogP contribution >= 0.6 is 0 Å². The van der Waals surface area contributed by atoms with Crippen LogP contribution < -0.4 is 0 Å². The highest BCUT2D eigenvalue weighted by Gasteiger charge is 2.45. The number of nitrogens with zero attached hydrogens (tertiary/aromatic N) is 7. The highest BCUT2D eigenvalue weighted by Crippen LogP contribution is 2.37. The average Bonchev–Trinajstić information content (AvgIpc) is 3.27. The van der Waals surface area contributed by atoms with Crippen molar-refractivity contribution < 1.29 is 14.3 Å². The molecule has 4 rings (SSSR count). The normalized spacial score (nSPS) is 18.5. The number of carbonyl (C=O) groups excluding carboxylic acids is 2. The Morgan fingerprint density at radius 2 is 1.93 bits per heavy atom. The monoisotopic (exact) mass is 373 g/mol. The number of aryl methyl sites for hydroxylation is 2. The molecule has 1 saturated heterocycles. The lowest BCUT2D eigenvalue weighted by Crippen LogP contribution is -2.57. The number of piperidine rings is 1. The zero-order chi connectivity index (χ0) is 19.2. The topological polar surface area (TPSA) is 98.4 Å². The van der Waals surface area contributed by atoms with E-state index in [0.717, 1.165) is 24.5 Å². The van der Waals surface area contributed by atoms with Crippen molar-refractivity contribution in [3.8, 4) is 0 Å². The molecular weight excluding hydrogens is 350 g/mol. The number of hydrogen-bond acceptors (Lipinski definition) is 6. The van der Waals surface area contributed by atoms with Gasteiger partial charge in [0.05, 0.1) is 19.2 Å². The molecule has 0 N–H and O–H groups in total. The molecule has 2 aliphatic heterocycles. The first kappa shape index (κ1) is 17.5. The molecular formula is C17H23N7O3. The predicted molar refractivity (Wildman–Crippen MR) is 93.9 cm³/mol. The largest absolute Gasteiger partial charge is 0.453 e. The minimum Gasteiger partial charge on any atom is -0.453 e. The van der Waals surface area contributed by atoms with Gasteiger partial charge >= 0.3 is 6.09 Å². The van der Waals surface area contributed by atoms with Gasteiger partial charge in [0.1, 0.15) is 11.5 Å². The molecule has 2 aliphatic rings. The molecule has 1 spiro atoms. The van der Waals surface area contributed by atoms with Crippen LogP contribution in [0.15, 0.2) is 12.3 Å². The molecule has 0 aliphatic carbocycles. The second-order valence-electron chi connectivity index (χ2n) is 7.18. The van der Waals surface area contributed by atoms with E-state index in [1.54, 1.807) is 28.9 Å². The number of hydrogen-bond donors (Lipinski definition) is 0. The summed E-state index contributed by atoms with van der Waals surface area (Å²) in [5.74, 6) is 1.57. The van der Waals surface area contributed by atoms with Crippen LogP contribution in [-0.4, -0.2) is 73.1 Å². The van der Waals surface area contributed by atoms with Crippen LogP contribution in [0, 0.1) is 6.92 Å². The van der Waals surface area contributed by atoms with Gasteiger partial charge in [-0.2, -0.15) is 5.10 Å². The molecule has 0 aromatic carbocycles. The maximum Gasteiger partial charge on any atom is 0.409 e. The number of carbonyl (C=O) groups is 2. The molecule has 144 valence electrons. The standard InChI is InChI=1S/C17H23N7O3/c1-12-19-20-14-10-23(16(26)27-3)11-17(24(12)14)5-8-22(9-6-17)15(25)13-4-7-18-21(13)2/h4,7H,5-6,8-11H2,1-3H3. The van der Waals surface area contributed by atoms with E-state index in [0.29, 0.717) is 31.9 Å². The summed E-state index contributed by atoms with van der Waals surface area (Å²) in [6.45, 7) is 4.03. The number of ether oxygens (including phenoxy) is 1. The Kier molecular flexibility index (Phi) is 4.12. The maximum absolute atomic E-state index is 12.8. The van der Waals surface area contributed by atoms with Crippen LogP contribution in [-0.2, 0) is 23.9 Å². The second-order valence-corrected chi connectivity index (χ2v) is 7.18. The third kappa shape index (κ3) is 2.75. The zero-order valence-electron chi connectivity index (χ0n) is 15.8. The molecule has 0 radical (unpaired) electrons. The van der Waals surface area contributed by atoms with Gasteiger partial charge in [0.25, 0.3) is 5.91 Å². The first-order chi connectivity index (χ1) is 12.9. The van der Waals surface area contributed by atoms with Gasteiger partial charge in [-0.15, -0.1) is 10.2 Å². The fourth-order valence-corrected chi connectivity index (χ4v) is 4.29. The summed E-state index contributed by atoms with van der Waals surface area (Å²) < 4.78 is 8.67. The van der Waals surface area contributed by atoms with E-state index in [4.69, 9.17) is 4.74 Å². The number of fused-ring (bicyclic) bond motifs is 2. The second kappa shape index (κ2) is 6.36. The summed E-state index contributed by atoms with van der Waals surface area (Å²) in [5.41, 5.74) is 0.255. The SMILES string of the molecule is COC(=O)N1Cc2nnc(C)n2C2(CCN(C(=O)c3ccnn3C)CC2)C1.